The van der Waals surface area contributed by atoms with Crippen molar-refractivity contribution in [1.82, 2.24) is 0 Å². The Hall–Kier alpha value is -2.41. The summed E-state index contributed by atoms with van der Waals surface area (Å²) in [4.78, 5) is 35.0. The van der Waals surface area contributed by atoms with Crippen LogP contribution in [0.5, 0.6) is 0 Å². The first-order valence-electron chi connectivity index (χ1n) is 21.4. The van der Waals surface area contributed by atoms with E-state index in [1.807, 2.05) is 12.2 Å². The van der Waals surface area contributed by atoms with Gasteiger partial charge in [0.2, 0.25) is 0 Å². The summed E-state index contributed by atoms with van der Waals surface area (Å²) in [6.45, 7) is 1.96. The standard InChI is InChI=1S/C44H77O12P/c1-3-5-7-9-11-13-15-17-18-19-21-23-25-27-29-33-44(50)56-40(38-55-57(51,52)54-36-39(46)35-45)37-53-43(49)34-30-32-42(48)41(47)31-28-26-24-22-20-16-14-12-10-8-6-4-2/h11-14,17-18,20,22,26,28,39-42,45-48H,3-10,15-16,19,21,23-25,27,29-38H2,1-2H3,(H,51,52)/b13-11-,14-12-,18-17-,22-20-,28-26-/t39-,40+,41?,42?/m0/s1. The van der Waals surface area contributed by atoms with E-state index in [0.29, 0.717) is 6.42 Å². The van der Waals surface area contributed by atoms with Crippen molar-refractivity contribution in [2.24, 2.45) is 0 Å². The number of rotatable bonds is 39. The highest BCUT2D eigenvalue weighted by atomic mass is 31.2. The second kappa shape index (κ2) is 39.1. The average Bonchev–Trinajstić information content (AvgIpc) is 3.19. The molecule has 0 saturated carbocycles. The predicted molar refractivity (Wildman–Crippen MR) is 226 cm³/mol. The van der Waals surface area contributed by atoms with Gasteiger partial charge in [-0.05, 0) is 83.5 Å². The largest absolute Gasteiger partial charge is 0.472 e. The van der Waals surface area contributed by atoms with Crippen LogP contribution in [0.4, 0.5) is 0 Å². The number of esters is 2. The van der Waals surface area contributed by atoms with Gasteiger partial charge in [-0.15, -0.1) is 0 Å². The molecule has 0 aliphatic heterocycles. The van der Waals surface area contributed by atoms with Crippen LogP contribution in [0.1, 0.15) is 155 Å². The van der Waals surface area contributed by atoms with E-state index in [1.54, 1.807) is 0 Å². The maximum absolute atomic E-state index is 12.6. The summed E-state index contributed by atoms with van der Waals surface area (Å²) < 4.78 is 32.5. The van der Waals surface area contributed by atoms with E-state index in [9.17, 15) is 34.4 Å². The van der Waals surface area contributed by atoms with Gasteiger partial charge in [-0.2, -0.15) is 0 Å². The first-order chi connectivity index (χ1) is 27.5. The maximum atomic E-state index is 12.6. The van der Waals surface area contributed by atoms with Gasteiger partial charge >= 0.3 is 19.8 Å². The van der Waals surface area contributed by atoms with E-state index in [-0.39, 0.29) is 32.1 Å². The van der Waals surface area contributed by atoms with Crippen molar-refractivity contribution < 1.29 is 58.0 Å². The molecule has 0 heterocycles. The number of hydrogen-bond donors (Lipinski definition) is 5. The van der Waals surface area contributed by atoms with E-state index in [2.05, 4.69) is 67.0 Å². The van der Waals surface area contributed by atoms with Crippen LogP contribution in [0, 0.1) is 0 Å². The van der Waals surface area contributed by atoms with Crippen LogP contribution < -0.4 is 0 Å². The minimum Gasteiger partial charge on any atom is -0.462 e. The van der Waals surface area contributed by atoms with Gasteiger partial charge < -0.3 is 34.8 Å². The number of unbranched alkanes of at least 4 members (excludes halogenated alkanes) is 11. The van der Waals surface area contributed by atoms with E-state index in [1.165, 1.54) is 38.5 Å². The highest BCUT2D eigenvalue weighted by Gasteiger charge is 2.27. The Morgan fingerprint density at radius 3 is 1.65 bits per heavy atom. The van der Waals surface area contributed by atoms with Gasteiger partial charge in [0.25, 0.3) is 0 Å². The summed E-state index contributed by atoms with van der Waals surface area (Å²) in [6, 6.07) is 0. The molecule has 0 amide bonds. The van der Waals surface area contributed by atoms with Gasteiger partial charge in [0.1, 0.15) is 12.7 Å². The number of carbonyl (C=O) groups excluding carboxylic acids is 2. The van der Waals surface area contributed by atoms with Crippen LogP contribution in [0.15, 0.2) is 60.8 Å². The minimum atomic E-state index is -4.69. The molecular weight excluding hydrogens is 751 g/mol. The highest BCUT2D eigenvalue weighted by Crippen LogP contribution is 2.43. The zero-order valence-corrected chi connectivity index (χ0v) is 35.9. The molecule has 0 spiro atoms. The molecule has 0 saturated heterocycles. The Morgan fingerprint density at radius 2 is 1.07 bits per heavy atom. The molecule has 0 aliphatic carbocycles. The number of phosphoric acid groups is 1. The number of allylic oxidation sites excluding steroid dienone is 9. The van der Waals surface area contributed by atoms with Crippen molar-refractivity contribution in [3.05, 3.63) is 60.8 Å². The second-order valence-corrected chi connectivity index (χ2v) is 15.8. The number of carbonyl (C=O) groups is 2. The molecule has 0 aromatic heterocycles. The Bertz CT molecular complexity index is 1170. The molecule has 13 heteroatoms. The third-order valence-corrected chi connectivity index (χ3v) is 9.80. The molecular formula is C44H77O12P. The molecule has 12 nitrogen and oxygen atoms in total. The zero-order valence-electron chi connectivity index (χ0n) is 35.0. The average molecular weight is 829 g/mol. The molecule has 0 rings (SSSR count). The van der Waals surface area contributed by atoms with Crippen molar-refractivity contribution >= 4 is 19.8 Å². The van der Waals surface area contributed by atoms with Gasteiger partial charge in [-0.25, -0.2) is 4.57 Å². The normalized spacial score (nSPS) is 15.6. The molecule has 0 aromatic carbocycles. The van der Waals surface area contributed by atoms with Gasteiger partial charge in [0.05, 0.1) is 32.0 Å². The number of aliphatic hydroxyl groups excluding tert-OH is 4. The number of ether oxygens (including phenoxy) is 2. The van der Waals surface area contributed by atoms with Crippen molar-refractivity contribution in [2.45, 2.75) is 180 Å². The summed E-state index contributed by atoms with van der Waals surface area (Å²) in [5, 5.41) is 39.0. The molecule has 5 atom stereocenters. The summed E-state index contributed by atoms with van der Waals surface area (Å²) in [7, 11) is -4.69. The van der Waals surface area contributed by atoms with Crippen LogP contribution in [-0.4, -0.2) is 88.1 Å². The molecule has 5 N–H and O–H groups in total. The predicted octanol–water partition coefficient (Wildman–Crippen LogP) is 9.05. The number of hydrogen-bond acceptors (Lipinski definition) is 11. The van der Waals surface area contributed by atoms with Crippen molar-refractivity contribution in [3.63, 3.8) is 0 Å². The lowest BCUT2D eigenvalue weighted by Crippen LogP contribution is -2.30. The summed E-state index contributed by atoms with van der Waals surface area (Å²) >= 11 is 0. The lowest BCUT2D eigenvalue weighted by atomic mass is 10.0. The van der Waals surface area contributed by atoms with E-state index in [0.717, 1.165) is 64.2 Å². The number of phosphoric ester groups is 1. The quantitative estimate of drug-likeness (QED) is 0.0171. The summed E-state index contributed by atoms with van der Waals surface area (Å²) in [5.41, 5.74) is 0. The Kier molecular flexibility index (Phi) is 37.4. The van der Waals surface area contributed by atoms with E-state index < -0.39 is 70.6 Å². The van der Waals surface area contributed by atoms with Crippen molar-refractivity contribution in [3.8, 4) is 0 Å². The van der Waals surface area contributed by atoms with Crippen molar-refractivity contribution in [2.75, 3.05) is 26.4 Å². The van der Waals surface area contributed by atoms with Crippen LogP contribution in [0.3, 0.4) is 0 Å². The smallest absolute Gasteiger partial charge is 0.462 e. The monoisotopic (exact) mass is 829 g/mol. The third-order valence-electron chi connectivity index (χ3n) is 8.85. The van der Waals surface area contributed by atoms with E-state index >= 15 is 0 Å². The number of aliphatic hydroxyl groups is 4. The fraction of sp³-hybridized carbons (Fsp3) is 0.727. The first-order valence-corrected chi connectivity index (χ1v) is 22.9. The molecule has 0 bridgehead atoms. The maximum Gasteiger partial charge on any atom is 0.472 e. The SMILES string of the molecule is CCCCC/C=C\C/C=C\C/C=C\CC(O)C(O)CCCC(=O)OC[C@H](COP(=O)(O)OC[C@@H](O)CO)OC(=O)CCCCCCC/C=C\C/C=C\CCCCC. The molecule has 0 fully saturated rings. The Labute approximate surface area is 343 Å². The highest BCUT2D eigenvalue weighted by molar-refractivity contribution is 7.47. The second-order valence-electron chi connectivity index (χ2n) is 14.3. The molecule has 3 unspecified atom stereocenters. The van der Waals surface area contributed by atoms with Crippen LogP contribution >= 0.6 is 7.82 Å². The van der Waals surface area contributed by atoms with Gasteiger partial charge in [0.15, 0.2) is 6.10 Å². The molecule has 0 aromatic rings. The van der Waals surface area contributed by atoms with Gasteiger partial charge in [-0.1, -0.05) is 120 Å². The molecule has 0 radical (unpaired) electrons. The minimum absolute atomic E-state index is 0.0778. The fourth-order valence-electron chi connectivity index (χ4n) is 5.36. The first kappa shape index (κ1) is 54.6. The molecule has 0 aliphatic rings. The lowest BCUT2D eigenvalue weighted by Gasteiger charge is -2.20. The molecule has 57 heavy (non-hydrogen) atoms. The molecule has 330 valence electrons. The topological polar surface area (TPSA) is 189 Å². The Morgan fingerprint density at radius 1 is 0.579 bits per heavy atom. The lowest BCUT2D eigenvalue weighted by molar-refractivity contribution is -0.161. The zero-order chi connectivity index (χ0) is 42.2. The third kappa shape index (κ3) is 37.6. The Balaban J connectivity index is 4.58. The summed E-state index contributed by atoms with van der Waals surface area (Å²) in [5.74, 6) is -1.23. The fourth-order valence-corrected chi connectivity index (χ4v) is 6.15. The van der Waals surface area contributed by atoms with Crippen LogP contribution in [0.2, 0.25) is 0 Å². The van der Waals surface area contributed by atoms with Crippen LogP contribution in [0.25, 0.3) is 0 Å². The summed E-state index contributed by atoms with van der Waals surface area (Å²) in [6.07, 6.45) is 35.0. The van der Waals surface area contributed by atoms with Gasteiger partial charge in [-0.3, -0.25) is 18.6 Å². The van der Waals surface area contributed by atoms with Gasteiger partial charge in [0, 0.05) is 12.8 Å². The van der Waals surface area contributed by atoms with Crippen molar-refractivity contribution in [1.29, 1.82) is 0 Å². The van der Waals surface area contributed by atoms with Crippen LogP contribution in [-0.2, 0) is 32.7 Å². The van der Waals surface area contributed by atoms with E-state index in [4.69, 9.17) is 19.1 Å².